The van der Waals surface area contributed by atoms with Crippen molar-refractivity contribution in [3.8, 4) is 51.3 Å². The van der Waals surface area contributed by atoms with Crippen LogP contribution >= 0.6 is 0 Å². The summed E-state index contributed by atoms with van der Waals surface area (Å²) in [5.41, 5.74) is 10.2. The van der Waals surface area contributed by atoms with Crippen LogP contribution in [0.5, 0.6) is 11.5 Å². The molecular weight excluding hydrogens is 633 g/mol. The van der Waals surface area contributed by atoms with Crippen LogP contribution in [0.2, 0.25) is 0 Å². The first-order valence-electron chi connectivity index (χ1n) is 16.7. The molecule has 1 aliphatic rings. The van der Waals surface area contributed by atoms with E-state index in [0.717, 1.165) is 67.1 Å². The lowest BCUT2D eigenvalue weighted by atomic mass is 9.90. The number of aromatic nitrogens is 4. The lowest BCUT2D eigenvalue weighted by Crippen LogP contribution is -2.22. The third-order valence-corrected chi connectivity index (χ3v) is 9.58. The molecule has 8 aromatic rings. The predicted octanol–water partition coefficient (Wildman–Crippen LogP) is 9.97. The molecule has 0 unspecified atom stereocenters. The molecule has 3 heterocycles. The van der Waals surface area contributed by atoms with Crippen LogP contribution in [0.25, 0.3) is 61.7 Å². The number of hydrogen-bond donors (Lipinski definition) is 0. The Balaban J connectivity index is 1.35. The number of benzene rings is 6. The highest BCUT2D eigenvalue weighted by Gasteiger charge is 2.29. The third-order valence-electron chi connectivity index (χ3n) is 9.58. The van der Waals surface area contributed by atoms with Crippen LogP contribution in [0, 0.1) is 0 Å². The van der Waals surface area contributed by atoms with E-state index < -0.39 is 0 Å². The Morgan fingerprint density at radius 2 is 1.24 bits per heavy atom. The van der Waals surface area contributed by atoms with Gasteiger partial charge in [0.2, 0.25) is 5.95 Å². The molecule has 8 nitrogen and oxygen atoms in total. The molecule has 2 aromatic heterocycles. The number of aliphatic imine (C=N–C) groups is 1. The molecule has 0 fully saturated rings. The van der Waals surface area contributed by atoms with Gasteiger partial charge in [-0.25, -0.2) is 4.98 Å². The van der Waals surface area contributed by atoms with E-state index in [4.69, 9.17) is 24.4 Å². The van der Waals surface area contributed by atoms with Gasteiger partial charge in [0.25, 0.3) is 0 Å². The van der Waals surface area contributed by atoms with E-state index in [-0.39, 0.29) is 0 Å². The van der Waals surface area contributed by atoms with E-state index in [0.29, 0.717) is 24.1 Å². The highest BCUT2D eigenvalue weighted by Crippen LogP contribution is 2.51. The van der Waals surface area contributed by atoms with Crippen LogP contribution in [0.3, 0.4) is 0 Å². The van der Waals surface area contributed by atoms with Crippen molar-refractivity contribution in [1.29, 1.82) is 0 Å². The minimum Gasteiger partial charge on any atom is -0.497 e. The molecule has 0 aliphatic carbocycles. The summed E-state index contributed by atoms with van der Waals surface area (Å²) >= 11 is 0. The summed E-state index contributed by atoms with van der Waals surface area (Å²) in [6.07, 6.45) is 0. The quantitative estimate of drug-likeness (QED) is 0.158. The van der Waals surface area contributed by atoms with Gasteiger partial charge in [-0.1, -0.05) is 60.7 Å². The summed E-state index contributed by atoms with van der Waals surface area (Å²) in [6.45, 7) is 4.60. The van der Waals surface area contributed by atoms with Gasteiger partial charge < -0.3 is 14.4 Å². The first-order valence-corrected chi connectivity index (χ1v) is 16.7. The molecule has 0 amide bonds. The van der Waals surface area contributed by atoms with Crippen molar-refractivity contribution in [1.82, 2.24) is 19.5 Å². The molecule has 8 heteroatoms. The maximum Gasteiger partial charge on any atom is 0.238 e. The zero-order valence-electron chi connectivity index (χ0n) is 28.1. The van der Waals surface area contributed by atoms with E-state index in [1.165, 1.54) is 11.1 Å². The maximum absolute atomic E-state index is 5.44. The largest absolute Gasteiger partial charge is 0.497 e. The Kier molecular flexibility index (Phi) is 7.28. The van der Waals surface area contributed by atoms with E-state index in [9.17, 15) is 0 Å². The Morgan fingerprint density at radius 1 is 0.608 bits per heavy atom. The fourth-order valence-electron chi connectivity index (χ4n) is 7.16. The summed E-state index contributed by atoms with van der Waals surface area (Å²) in [5.74, 6) is 3.14. The Bertz CT molecular complexity index is 2550. The molecule has 0 atom stereocenters. The molecule has 51 heavy (non-hydrogen) atoms. The molecule has 0 saturated heterocycles. The summed E-state index contributed by atoms with van der Waals surface area (Å²) in [5, 5.41) is 2.20. The molecule has 0 N–H and O–H groups in total. The molecule has 0 radical (unpaired) electrons. The number of ether oxygens (including phenoxy) is 2. The van der Waals surface area contributed by atoms with Crippen LogP contribution in [0.15, 0.2) is 138 Å². The van der Waals surface area contributed by atoms with Crippen LogP contribution in [-0.4, -0.2) is 40.5 Å². The first-order chi connectivity index (χ1) is 25.1. The minimum absolute atomic E-state index is 0.517. The molecular formula is C43H32N6O2. The van der Waals surface area contributed by atoms with Crippen molar-refractivity contribution in [2.75, 3.05) is 19.1 Å². The van der Waals surface area contributed by atoms with Crippen molar-refractivity contribution < 1.29 is 9.47 Å². The van der Waals surface area contributed by atoms with Crippen molar-refractivity contribution in [3.05, 3.63) is 139 Å². The van der Waals surface area contributed by atoms with Crippen LogP contribution in [0.1, 0.15) is 5.56 Å². The number of fused-ring (bicyclic) bond motifs is 7. The predicted molar refractivity (Wildman–Crippen MR) is 205 cm³/mol. The van der Waals surface area contributed by atoms with Crippen LogP contribution < -0.4 is 14.4 Å². The van der Waals surface area contributed by atoms with E-state index in [1.54, 1.807) is 14.2 Å². The molecule has 1 aliphatic heterocycles. The SMILES string of the molecule is C=Nc1ccccc1N1Cc2ccccc2-c2ccc3c(c21)c1ccccc1n3-c1nc(-c2ccc(OC)cc2)nc(-c2ccc(OC)cc2)n1. The highest BCUT2D eigenvalue weighted by atomic mass is 16.5. The lowest BCUT2D eigenvalue weighted by molar-refractivity contribution is 0.415. The summed E-state index contributed by atoms with van der Waals surface area (Å²) in [4.78, 5) is 22.1. The van der Waals surface area contributed by atoms with Gasteiger partial charge >= 0.3 is 0 Å². The molecule has 9 rings (SSSR count). The van der Waals surface area contributed by atoms with Crippen LogP contribution in [-0.2, 0) is 6.54 Å². The van der Waals surface area contributed by atoms with Gasteiger partial charge in [0.05, 0.1) is 42.3 Å². The zero-order valence-corrected chi connectivity index (χ0v) is 28.1. The van der Waals surface area contributed by atoms with Gasteiger partial charge in [-0.05, 0) is 90.6 Å². The second-order valence-corrected chi connectivity index (χ2v) is 12.3. The topological polar surface area (TPSA) is 77.7 Å². The Labute approximate surface area is 294 Å². The second kappa shape index (κ2) is 12.3. The van der Waals surface area contributed by atoms with Gasteiger partial charge in [-0.2, -0.15) is 9.97 Å². The van der Waals surface area contributed by atoms with E-state index >= 15 is 0 Å². The molecule has 0 spiro atoms. The van der Waals surface area contributed by atoms with Gasteiger partial charge in [-0.3, -0.25) is 9.56 Å². The average Bonchev–Trinajstić information content (AvgIpc) is 3.55. The van der Waals surface area contributed by atoms with Gasteiger partial charge in [0, 0.05) is 34.0 Å². The van der Waals surface area contributed by atoms with Crippen molar-refractivity contribution in [3.63, 3.8) is 0 Å². The lowest BCUT2D eigenvalue weighted by Gasteiger charge is -2.34. The maximum atomic E-state index is 5.44. The van der Waals surface area contributed by atoms with E-state index in [1.807, 2.05) is 60.7 Å². The third kappa shape index (κ3) is 4.99. The number of rotatable bonds is 7. The monoisotopic (exact) mass is 664 g/mol. The number of hydrogen-bond acceptors (Lipinski definition) is 7. The van der Waals surface area contributed by atoms with Gasteiger partial charge in [-0.15, -0.1) is 0 Å². The second-order valence-electron chi connectivity index (χ2n) is 12.3. The summed E-state index contributed by atoms with van der Waals surface area (Å²) in [6, 6.07) is 45.2. The zero-order chi connectivity index (χ0) is 34.5. The Hall–Kier alpha value is -6.80. The first kappa shape index (κ1) is 30.3. The van der Waals surface area contributed by atoms with Crippen LogP contribution in [0.4, 0.5) is 17.1 Å². The fraction of sp³-hybridized carbons (Fsp3) is 0.0698. The van der Waals surface area contributed by atoms with Crippen molar-refractivity contribution >= 4 is 45.6 Å². The summed E-state index contributed by atoms with van der Waals surface area (Å²) < 4.78 is 13.0. The Morgan fingerprint density at radius 3 is 1.92 bits per heavy atom. The van der Waals surface area contributed by atoms with E-state index in [2.05, 4.69) is 94.0 Å². The number of methoxy groups -OCH3 is 2. The average molecular weight is 665 g/mol. The normalized spacial score (nSPS) is 12.1. The molecule has 6 aromatic carbocycles. The van der Waals surface area contributed by atoms with Crippen molar-refractivity contribution in [2.45, 2.75) is 6.54 Å². The molecule has 0 saturated carbocycles. The fourth-order valence-corrected chi connectivity index (χ4v) is 7.16. The number of para-hydroxylation sites is 3. The molecule has 0 bridgehead atoms. The molecule has 246 valence electrons. The van der Waals surface area contributed by atoms with Gasteiger partial charge in [0.15, 0.2) is 11.6 Å². The number of nitrogens with zero attached hydrogens (tertiary/aromatic N) is 6. The minimum atomic E-state index is 0.517. The smallest absolute Gasteiger partial charge is 0.238 e. The standard InChI is InChI=1S/C43H32N6O2/c1-44-35-13-7-9-15-37(35)48-26-29-10-4-5-11-32(29)33-24-25-38-39(40(33)48)34-12-6-8-14-36(34)49(38)43-46-41(27-16-20-30(50-2)21-17-27)45-42(47-43)28-18-22-31(51-3)23-19-28/h4-25H,1,26H2,2-3H3. The summed E-state index contributed by atoms with van der Waals surface area (Å²) in [7, 11) is 3.32. The van der Waals surface area contributed by atoms with Crippen molar-refractivity contribution in [2.24, 2.45) is 4.99 Å². The highest BCUT2D eigenvalue weighted by molar-refractivity contribution is 6.19. The van der Waals surface area contributed by atoms with Gasteiger partial charge in [0.1, 0.15) is 11.5 Å². The number of anilines is 2.